The number of carbonyl (C=O) groups excluding carboxylic acids is 2. The van der Waals surface area contributed by atoms with E-state index in [0.29, 0.717) is 45.7 Å². The molecule has 0 radical (unpaired) electrons. The number of morpholine rings is 1. The van der Waals surface area contributed by atoms with Gasteiger partial charge in [-0.05, 0) is 12.0 Å². The van der Waals surface area contributed by atoms with Crippen LogP contribution in [-0.4, -0.2) is 54.0 Å². The Morgan fingerprint density at radius 3 is 2.62 bits per heavy atom. The van der Waals surface area contributed by atoms with E-state index >= 15 is 0 Å². The summed E-state index contributed by atoms with van der Waals surface area (Å²) in [7, 11) is 0. The van der Waals surface area contributed by atoms with Gasteiger partial charge in [0.25, 0.3) is 0 Å². The third-order valence-corrected chi connectivity index (χ3v) is 4.13. The number of carbonyl (C=O) groups is 2. The first-order chi connectivity index (χ1) is 10.3. The van der Waals surface area contributed by atoms with E-state index in [1.165, 1.54) is 0 Å². The van der Waals surface area contributed by atoms with Gasteiger partial charge in [0.2, 0.25) is 11.8 Å². The summed E-state index contributed by atoms with van der Waals surface area (Å²) in [5.74, 6) is 0.144. The van der Waals surface area contributed by atoms with Crippen molar-refractivity contribution < 1.29 is 14.3 Å². The van der Waals surface area contributed by atoms with Gasteiger partial charge in [-0.1, -0.05) is 30.3 Å². The summed E-state index contributed by atoms with van der Waals surface area (Å²) in [6.45, 7) is 2.95. The average Bonchev–Trinajstić information content (AvgIpc) is 2.90. The maximum absolute atomic E-state index is 12.6. The highest BCUT2D eigenvalue weighted by molar-refractivity contribution is 5.91. The molecule has 5 nitrogen and oxygen atoms in total. The number of nitrogens with zero attached hydrogens (tertiary/aromatic N) is 2. The van der Waals surface area contributed by atoms with E-state index in [0.717, 1.165) is 5.56 Å². The van der Waals surface area contributed by atoms with Crippen LogP contribution < -0.4 is 0 Å². The van der Waals surface area contributed by atoms with Crippen molar-refractivity contribution in [3.05, 3.63) is 35.9 Å². The van der Waals surface area contributed by atoms with E-state index < -0.39 is 0 Å². The number of hydrogen-bond donors (Lipinski definition) is 0. The molecule has 0 spiro atoms. The topological polar surface area (TPSA) is 49.9 Å². The Morgan fingerprint density at radius 1 is 1.19 bits per heavy atom. The van der Waals surface area contributed by atoms with Gasteiger partial charge in [-0.3, -0.25) is 9.59 Å². The summed E-state index contributed by atoms with van der Waals surface area (Å²) < 4.78 is 5.28. The van der Waals surface area contributed by atoms with Gasteiger partial charge in [0.05, 0.1) is 13.2 Å². The molecular formula is C16H20N2O3. The number of amides is 2. The van der Waals surface area contributed by atoms with Gasteiger partial charge in [0.15, 0.2) is 0 Å². The molecule has 5 heteroatoms. The monoisotopic (exact) mass is 288 g/mol. The van der Waals surface area contributed by atoms with Crippen molar-refractivity contribution in [2.75, 3.05) is 26.3 Å². The Morgan fingerprint density at radius 2 is 1.90 bits per heavy atom. The van der Waals surface area contributed by atoms with E-state index in [9.17, 15) is 9.59 Å². The Kier molecular flexibility index (Phi) is 4.20. The fraction of sp³-hybridized carbons (Fsp3) is 0.500. The zero-order chi connectivity index (χ0) is 14.7. The molecule has 0 unspecified atom stereocenters. The quantitative estimate of drug-likeness (QED) is 0.835. The molecule has 2 aliphatic heterocycles. The van der Waals surface area contributed by atoms with E-state index in [1.54, 1.807) is 4.90 Å². The molecular weight excluding hydrogens is 268 g/mol. The molecule has 1 atom stereocenters. The first-order valence-electron chi connectivity index (χ1n) is 7.45. The third-order valence-electron chi connectivity index (χ3n) is 4.13. The van der Waals surface area contributed by atoms with Crippen molar-refractivity contribution >= 4 is 11.8 Å². The molecule has 0 aliphatic carbocycles. The maximum Gasteiger partial charge on any atom is 0.245 e. The van der Waals surface area contributed by atoms with Crippen molar-refractivity contribution in [2.45, 2.75) is 25.4 Å². The first kappa shape index (κ1) is 14.1. The molecule has 0 aromatic heterocycles. The number of hydrogen-bond acceptors (Lipinski definition) is 3. The zero-order valence-electron chi connectivity index (χ0n) is 12.0. The second kappa shape index (κ2) is 6.26. The van der Waals surface area contributed by atoms with Gasteiger partial charge in [0.1, 0.15) is 6.04 Å². The van der Waals surface area contributed by atoms with Crippen LogP contribution in [0.1, 0.15) is 18.4 Å². The summed E-state index contributed by atoms with van der Waals surface area (Å²) in [6.07, 6.45) is 1.09. The predicted molar refractivity (Wildman–Crippen MR) is 77.4 cm³/mol. The Balaban J connectivity index is 1.71. The van der Waals surface area contributed by atoms with Gasteiger partial charge in [-0.15, -0.1) is 0 Å². The molecule has 0 bridgehead atoms. The van der Waals surface area contributed by atoms with E-state index in [-0.39, 0.29) is 17.9 Å². The fourth-order valence-corrected chi connectivity index (χ4v) is 2.96. The van der Waals surface area contributed by atoms with E-state index in [1.807, 2.05) is 35.2 Å². The maximum atomic E-state index is 12.6. The average molecular weight is 288 g/mol. The smallest absolute Gasteiger partial charge is 0.245 e. The highest BCUT2D eigenvalue weighted by Crippen LogP contribution is 2.23. The van der Waals surface area contributed by atoms with Crippen LogP contribution in [0.3, 0.4) is 0 Å². The largest absolute Gasteiger partial charge is 0.378 e. The number of ether oxygens (including phenoxy) is 1. The van der Waals surface area contributed by atoms with Crippen LogP contribution in [0.25, 0.3) is 0 Å². The van der Waals surface area contributed by atoms with Crippen LogP contribution in [0.2, 0.25) is 0 Å². The molecule has 2 amide bonds. The number of likely N-dealkylation sites (tertiary alicyclic amines) is 1. The van der Waals surface area contributed by atoms with Crippen molar-refractivity contribution in [1.29, 1.82) is 0 Å². The molecule has 1 aromatic carbocycles. The standard InChI is InChI=1S/C16H20N2O3/c19-15-7-6-14(16(20)17-8-10-21-11-9-17)18(15)12-13-4-2-1-3-5-13/h1-5,14H,6-12H2/t14-/m0/s1. The minimum Gasteiger partial charge on any atom is -0.378 e. The number of benzene rings is 1. The summed E-state index contributed by atoms with van der Waals surface area (Å²) in [6, 6.07) is 9.52. The molecule has 2 aliphatic rings. The second-order valence-corrected chi connectivity index (χ2v) is 5.50. The molecule has 2 saturated heterocycles. The lowest BCUT2D eigenvalue weighted by Crippen LogP contribution is -2.50. The Labute approximate surface area is 124 Å². The van der Waals surface area contributed by atoms with Crippen molar-refractivity contribution in [2.24, 2.45) is 0 Å². The molecule has 2 heterocycles. The lowest BCUT2D eigenvalue weighted by Gasteiger charge is -2.32. The highest BCUT2D eigenvalue weighted by Gasteiger charge is 2.38. The second-order valence-electron chi connectivity index (χ2n) is 5.50. The van der Waals surface area contributed by atoms with Gasteiger partial charge in [-0.25, -0.2) is 0 Å². The van der Waals surface area contributed by atoms with Gasteiger partial charge < -0.3 is 14.5 Å². The normalized spacial score (nSPS) is 22.7. The van der Waals surface area contributed by atoms with Gasteiger partial charge >= 0.3 is 0 Å². The molecule has 2 fully saturated rings. The Bertz CT molecular complexity index is 512. The van der Waals surface area contributed by atoms with Crippen LogP contribution in [0.5, 0.6) is 0 Å². The van der Waals surface area contributed by atoms with Crippen LogP contribution >= 0.6 is 0 Å². The van der Waals surface area contributed by atoms with Gasteiger partial charge in [0, 0.05) is 26.1 Å². The molecule has 3 rings (SSSR count). The SMILES string of the molecule is O=C([C@@H]1CCC(=O)N1Cc1ccccc1)N1CCOCC1. The summed E-state index contributed by atoms with van der Waals surface area (Å²) in [5, 5.41) is 0. The summed E-state index contributed by atoms with van der Waals surface area (Å²) in [4.78, 5) is 28.3. The third kappa shape index (κ3) is 3.08. The van der Waals surface area contributed by atoms with Crippen molar-refractivity contribution in [3.63, 3.8) is 0 Å². The summed E-state index contributed by atoms with van der Waals surface area (Å²) >= 11 is 0. The lowest BCUT2D eigenvalue weighted by atomic mass is 10.1. The lowest BCUT2D eigenvalue weighted by molar-refractivity contribution is -0.144. The Hall–Kier alpha value is -1.88. The van der Waals surface area contributed by atoms with Crippen molar-refractivity contribution in [3.8, 4) is 0 Å². The molecule has 1 aromatic rings. The fourth-order valence-electron chi connectivity index (χ4n) is 2.96. The van der Waals surface area contributed by atoms with Crippen LogP contribution in [0, 0.1) is 0 Å². The predicted octanol–water partition coefficient (Wildman–Crippen LogP) is 1.04. The molecule has 0 N–H and O–H groups in total. The van der Waals surface area contributed by atoms with Crippen LogP contribution in [0.4, 0.5) is 0 Å². The minimum atomic E-state index is -0.309. The number of rotatable bonds is 3. The zero-order valence-corrected chi connectivity index (χ0v) is 12.0. The van der Waals surface area contributed by atoms with Gasteiger partial charge in [-0.2, -0.15) is 0 Å². The van der Waals surface area contributed by atoms with Crippen molar-refractivity contribution in [1.82, 2.24) is 9.80 Å². The first-order valence-corrected chi connectivity index (χ1v) is 7.45. The summed E-state index contributed by atoms with van der Waals surface area (Å²) in [5.41, 5.74) is 1.06. The van der Waals surface area contributed by atoms with Crippen LogP contribution in [0.15, 0.2) is 30.3 Å². The minimum absolute atomic E-state index is 0.0695. The van der Waals surface area contributed by atoms with E-state index in [4.69, 9.17) is 4.74 Å². The van der Waals surface area contributed by atoms with E-state index in [2.05, 4.69) is 0 Å². The highest BCUT2D eigenvalue weighted by atomic mass is 16.5. The van der Waals surface area contributed by atoms with Crippen LogP contribution in [-0.2, 0) is 20.9 Å². The molecule has 112 valence electrons. The molecule has 0 saturated carbocycles. The molecule has 21 heavy (non-hydrogen) atoms.